The molecule has 0 aliphatic heterocycles. The second-order valence-corrected chi connectivity index (χ2v) is 3.65. The minimum atomic E-state index is -1.03. The molecule has 1 rings (SSSR count). The molecule has 14 heavy (non-hydrogen) atoms. The monoisotopic (exact) mass is 214 g/mol. The number of rotatable bonds is 3. The normalized spacial score (nSPS) is 12.3. The molecule has 0 saturated heterocycles. The van der Waals surface area contributed by atoms with Crippen LogP contribution in [0.15, 0.2) is 34.5 Å². The Balaban J connectivity index is 2.74. The molecule has 0 saturated carbocycles. The number of azo groups is 1. The largest absolute Gasteiger partial charge is 0.249 e. The van der Waals surface area contributed by atoms with Gasteiger partial charge in [0.05, 0.1) is 5.69 Å². The molecule has 0 aliphatic carbocycles. The van der Waals surface area contributed by atoms with E-state index in [0.717, 1.165) is 0 Å². The summed E-state index contributed by atoms with van der Waals surface area (Å²) in [7, 11) is 0. The fourth-order valence-electron chi connectivity index (χ4n) is 0.704. The van der Waals surface area contributed by atoms with Gasteiger partial charge in [0.1, 0.15) is 0 Å². The fourth-order valence-corrected chi connectivity index (χ4v) is 0.830. The lowest BCUT2D eigenvalue weighted by Gasteiger charge is -2.11. The first-order chi connectivity index (χ1) is 6.53. The summed E-state index contributed by atoms with van der Waals surface area (Å²) in [6.45, 7) is 3.18. The number of halogens is 1. The summed E-state index contributed by atoms with van der Waals surface area (Å²) in [5, 5.41) is 16.7. The van der Waals surface area contributed by atoms with Crippen LogP contribution in [0.1, 0.15) is 13.8 Å². The van der Waals surface area contributed by atoms with E-state index in [1.54, 1.807) is 38.1 Å². The lowest BCUT2D eigenvalue weighted by Crippen LogP contribution is -2.18. The zero-order valence-electron chi connectivity index (χ0n) is 7.94. The average Bonchev–Trinajstić information content (AvgIpc) is 2.17. The number of hydrogen-bond donors (Lipinski definition) is 1. The third-order valence-electron chi connectivity index (χ3n) is 1.46. The average molecular weight is 215 g/mol. The van der Waals surface area contributed by atoms with Crippen molar-refractivity contribution >= 4 is 17.3 Å². The van der Waals surface area contributed by atoms with Crippen molar-refractivity contribution in [1.82, 2.24) is 0 Å². The predicted octanol–water partition coefficient (Wildman–Crippen LogP) is 3.65. The summed E-state index contributed by atoms with van der Waals surface area (Å²) >= 11 is 5.69. The molecular weight excluding hydrogens is 204 g/mol. The highest BCUT2D eigenvalue weighted by Crippen LogP contribution is 2.19. The van der Waals surface area contributed by atoms with Gasteiger partial charge >= 0.3 is 0 Å². The molecule has 1 N–H and O–H groups in total. The molecule has 0 spiro atoms. The summed E-state index contributed by atoms with van der Waals surface area (Å²) in [4.78, 5) is 4.10. The van der Waals surface area contributed by atoms with Crippen molar-refractivity contribution in [3.8, 4) is 0 Å². The van der Waals surface area contributed by atoms with Gasteiger partial charge in [-0.3, -0.25) is 0 Å². The Kier molecular flexibility index (Phi) is 3.57. The Morgan fingerprint density at radius 2 is 1.86 bits per heavy atom. The van der Waals surface area contributed by atoms with Gasteiger partial charge < -0.3 is 0 Å². The Hall–Kier alpha value is -0.970. The van der Waals surface area contributed by atoms with Gasteiger partial charge in [-0.15, -0.1) is 0 Å². The third-order valence-corrected chi connectivity index (χ3v) is 1.71. The van der Waals surface area contributed by atoms with Crippen LogP contribution >= 0.6 is 11.6 Å². The van der Waals surface area contributed by atoms with Crippen molar-refractivity contribution in [2.75, 3.05) is 0 Å². The number of benzene rings is 1. The van der Waals surface area contributed by atoms with E-state index in [4.69, 9.17) is 16.9 Å². The van der Waals surface area contributed by atoms with E-state index in [2.05, 4.69) is 15.1 Å². The standard InChI is InChI=1S/C9H11ClN2O2/c1-9(2,14-13)12-11-8-5-3-7(10)4-6-8/h3-6,13H,1-2H3. The SMILES string of the molecule is CC(C)(N=Nc1ccc(Cl)cc1)OO. The van der Waals surface area contributed by atoms with Crippen molar-refractivity contribution in [3.05, 3.63) is 29.3 Å². The summed E-state index contributed by atoms with van der Waals surface area (Å²) in [5.41, 5.74) is -0.376. The van der Waals surface area contributed by atoms with Gasteiger partial charge in [0.2, 0.25) is 5.72 Å². The third kappa shape index (κ3) is 3.41. The topological polar surface area (TPSA) is 54.2 Å². The highest BCUT2D eigenvalue weighted by molar-refractivity contribution is 6.30. The first kappa shape index (κ1) is 11.1. The van der Waals surface area contributed by atoms with E-state index >= 15 is 0 Å². The summed E-state index contributed by atoms with van der Waals surface area (Å²) in [6, 6.07) is 6.87. The second-order valence-electron chi connectivity index (χ2n) is 3.21. The van der Waals surface area contributed by atoms with Gasteiger partial charge in [0.15, 0.2) is 0 Å². The van der Waals surface area contributed by atoms with E-state index in [9.17, 15) is 0 Å². The molecule has 0 fully saturated rings. The second kappa shape index (κ2) is 4.50. The van der Waals surface area contributed by atoms with Crippen LogP contribution in [0.25, 0.3) is 0 Å². The molecule has 0 aromatic heterocycles. The summed E-state index contributed by atoms with van der Waals surface area (Å²) in [6.07, 6.45) is 0. The van der Waals surface area contributed by atoms with E-state index < -0.39 is 5.72 Å². The fraction of sp³-hybridized carbons (Fsp3) is 0.333. The van der Waals surface area contributed by atoms with Gasteiger partial charge in [-0.2, -0.15) is 10.2 Å². The first-order valence-electron chi connectivity index (χ1n) is 4.04. The zero-order chi connectivity index (χ0) is 10.6. The van der Waals surface area contributed by atoms with Gasteiger partial charge in [0, 0.05) is 5.02 Å². The number of hydrogen-bond acceptors (Lipinski definition) is 4. The van der Waals surface area contributed by atoms with Gasteiger partial charge in [0.25, 0.3) is 0 Å². The molecule has 0 atom stereocenters. The maximum Gasteiger partial charge on any atom is 0.207 e. The maximum absolute atomic E-state index is 8.44. The minimum Gasteiger partial charge on any atom is -0.249 e. The molecule has 0 unspecified atom stereocenters. The Bertz CT molecular complexity index is 322. The molecule has 0 heterocycles. The molecule has 5 heteroatoms. The molecule has 4 nitrogen and oxygen atoms in total. The van der Waals surface area contributed by atoms with Crippen LogP contribution in [-0.4, -0.2) is 11.0 Å². The summed E-state index contributed by atoms with van der Waals surface area (Å²) < 4.78 is 0. The van der Waals surface area contributed by atoms with Crippen molar-refractivity contribution < 1.29 is 10.1 Å². The van der Waals surface area contributed by atoms with Crippen LogP contribution in [0.3, 0.4) is 0 Å². The minimum absolute atomic E-state index is 0.640. The smallest absolute Gasteiger partial charge is 0.207 e. The van der Waals surface area contributed by atoms with Crippen molar-refractivity contribution in [3.63, 3.8) is 0 Å². The summed E-state index contributed by atoms with van der Waals surface area (Å²) in [5.74, 6) is 0. The highest BCUT2D eigenvalue weighted by Gasteiger charge is 2.16. The Morgan fingerprint density at radius 1 is 1.29 bits per heavy atom. The van der Waals surface area contributed by atoms with Crippen LogP contribution in [-0.2, 0) is 4.89 Å². The highest BCUT2D eigenvalue weighted by atomic mass is 35.5. The Morgan fingerprint density at radius 3 is 2.36 bits per heavy atom. The predicted molar refractivity (Wildman–Crippen MR) is 53.8 cm³/mol. The van der Waals surface area contributed by atoms with Crippen LogP contribution in [0.2, 0.25) is 5.02 Å². The van der Waals surface area contributed by atoms with Crippen LogP contribution < -0.4 is 0 Å². The number of nitrogens with zero attached hydrogens (tertiary/aromatic N) is 2. The lowest BCUT2D eigenvalue weighted by molar-refractivity contribution is -0.311. The molecule has 0 radical (unpaired) electrons. The van der Waals surface area contributed by atoms with Gasteiger partial charge in [-0.1, -0.05) is 11.6 Å². The molecule has 1 aromatic carbocycles. The molecule has 76 valence electrons. The van der Waals surface area contributed by atoms with Crippen LogP contribution in [0.5, 0.6) is 0 Å². The van der Waals surface area contributed by atoms with E-state index in [0.29, 0.717) is 10.7 Å². The van der Waals surface area contributed by atoms with Gasteiger partial charge in [-0.25, -0.2) is 10.1 Å². The van der Waals surface area contributed by atoms with Crippen molar-refractivity contribution in [1.29, 1.82) is 0 Å². The lowest BCUT2D eigenvalue weighted by atomic mass is 10.3. The van der Waals surface area contributed by atoms with Crippen LogP contribution in [0, 0.1) is 0 Å². The van der Waals surface area contributed by atoms with Crippen molar-refractivity contribution in [2.24, 2.45) is 10.2 Å². The van der Waals surface area contributed by atoms with E-state index in [-0.39, 0.29) is 0 Å². The molecule has 0 aliphatic rings. The van der Waals surface area contributed by atoms with Gasteiger partial charge in [-0.05, 0) is 38.1 Å². The quantitative estimate of drug-likeness (QED) is 0.474. The first-order valence-corrected chi connectivity index (χ1v) is 4.42. The molecule has 1 aromatic rings. The van der Waals surface area contributed by atoms with Crippen LogP contribution in [0.4, 0.5) is 5.69 Å². The Labute approximate surface area is 87.1 Å². The van der Waals surface area contributed by atoms with E-state index in [1.807, 2.05) is 0 Å². The van der Waals surface area contributed by atoms with Crippen molar-refractivity contribution in [2.45, 2.75) is 19.6 Å². The molecule has 0 amide bonds. The molecule has 0 bridgehead atoms. The zero-order valence-corrected chi connectivity index (χ0v) is 8.69. The molecular formula is C9H11ClN2O2. The maximum atomic E-state index is 8.44. The van der Waals surface area contributed by atoms with E-state index in [1.165, 1.54) is 0 Å².